The molecule has 2 aromatic rings. The number of amides is 2. The van der Waals surface area contributed by atoms with Gasteiger partial charge in [0.2, 0.25) is 5.91 Å². The molecule has 0 radical (unpaired) electrons. The van der Waals surface area contributed by atoms with Crippen LogP contribution in [0.4, 0.5) is 0 Å². The average Bonchev–Trinajstić information content (AvgIpc) is 2.72. The number of carbonyl (C=O) groups excluding carboxylic acids is 2. The fourth-order valence-corrected chi connectivity index (χ4v) is 3.40. The van der Waals surface area contributed by atoms with E-state index in [-0.39, 0.29) is 18.4 Å². The van der Waals surface area contributed by atoms with Gasteiger partial charge in [-0.05, 0) is 35.9 Å². The van der Waals surface area contributed by atoms with Gasteiger partial charge in [-0.15, -0.1) is 0 Å². The van der Waals surface area contributed by atoms with E-state index in [2.05, 4.69) is 16.3 Å². The molecule has 0 unspecified atom stereocenters. The summed E-state index contributed by atoms with van der Waals surface area (Å²) in [5.74, 6) is 0.250. The number of hydrogen-bond acceptors (Lipinski definition) is 4. The number of hydrogen-bond donors (Lipinski definition) is 1. The lowest BCUT2D eigenvalue weighted by atomic mass is 10.2. The van der Waals surface area contributed by atoms with Crippen molar-refractivity contribution < 1.29 is 14.3 Å². The molecule has 28 heavy (non-hydrogen) atoms. The van der Waals surface area contributed by atoms with Crippen molar-refractivity contribution in [1.82, 2.24) is 15.1 Å². The molecule has 1 aliphatic rings. The standard InChI is InChI=1S/C21H24ClN3O3/c1-28-19-7-3-5-17(13-19)21(27)23-14-20(26)25-10-8-24(9-11-25)15-16-4-2-6-18(22)12-16/h2-7,12-13H,8-11,14-15H2,1H3,(H,23,27). The first-order chi connectivity index (χ1) is 13.5. The number of nitrogens with one attached hydrogen (secondary N) is 1. The Hall–Kier alpha value is -2.57. The molecule has 2 aromatic carbocycles. The Bertz CT molecular complexity index is 835. The second-order valence-electron chi connectivity index (χ2n) is 6.70. The van der Waals surface area contributed by atoms with Crippen molar-refractivity contribution in [2.24, 2.45) is 0 Å². The van der Waals surface area contributed by atoms with Crippen LogP contribution in [0, 0.1) is 0 Å². The average molecular weight is 402 g/mol. The van der Waals surface area contributed by atoms with E-state index in [1.165, 1.54) is 0 Å². The number of nitrogens with zero attached hydrogens (tertiary/aromatic N) is 2. The fraction of sp³-hybridized carbons (Fsp3) is 0.333. The zero-order chi connectivity index (χ0) is 19.9. The second kappa shape index (κ2) is 9.57. The highest BCUT2D eigenvalue weighted by Gasteiger charge is 2.21. The summed E-state index contributed by atoms with van der Waals surface area (Å²) in [4.78, 5) is 28.7. The smallest absolute Gasteiger partial charge is 0.251 e. The normalized spacial score (nSPS) is 14.6. The Morgan fingerprint density at radius 2 is 1.82 bits per heavy atom. The molecule has 6 nitrogen and oxygen atoms in total. The van der Waals surface area contributed by atoms with Crippen LogP contribution in [0.15, 0.2) is 48.5 Å². The molecule has 0 saturated carbocycles. The minimum absolute atomic E-state index is 0.00959. The van der Waals surface area contributed by atoms with Crippen LogP contribution in [0.1, 0.15) is 15.9 Å². The summed E-state index contributed by atoms with van der Waals surface area (Å²) in [6.07, 6.45) is 0. The van der Waals surface area contributed by atoms with E-state index in [0.29, 0.717) is 24.4 Å². The molecule has 1 N–H and O–H groups in total. The molecule has 7 heteroatoms. The van der Waals surface area contributed by atoms with Gasteiger partial charge in [-0.2, -0.15) is 0 Å². The van der Waals surface area contributed by atoms with Crippen LogP contribution in [-0.2, 0) is 11.3 Å². The maximum absolute atomic E-state index is 12.4. The lowest BCUT2D eigenvalue weighted by Gasteiger charge is -2.34. The first-order valence-electron chi connectivity index (χ1n) is 9.22. The van der Waals surface area contributed by atoms with Gasteiger partial charge in [0.05, 0.1) is 13.7 Å². The molecule has 3 rings (SSSR count). The summed E-state index contributed by atoms with van der Waals surface area (Å²) in [6, 6.07) is 14.7. The zero-order valence-corrected chi connectivity index (χ0v) is 16.6. The van der Waals surface area contributed by atoms with E-state index in [1.807, 2.05) is 18.2 Å². The third-order valence-corrected chi connectivity index (χ3v) is 4.99. The maximum Gasteiger partial charge on any atom is 0.251 e. The Morgan fingerprint density at radius 1 is 1.07 bits per heavy atom. The summed E-state index contributed by atoms with van der Waals surface area (Å²) < 4.78 is 5.12. The number of benzene rings is 2. The van der Waals surface area contributed by atoms with Gasteiger partial charge in [0.25, 0.3) is 5.91 Å². The van der Waals surface area contributed by atoms with E-state index in [9.17, 15) is 9.59 Å². The quantitative estimate of drug-likeness (QED) is 0.807. The summed E-state index contributed by atoms with van der Waals surface area (Å²) in [7, 11) is 1.55. The summed E-state index contributed by atoms with van der Waals surface area (Å²) in [5.41, 5.74) is 1.64. The largest absolute Gasteiger partial charge is 0.497 e. The van der Waals surface area contributed by atoms with Crippen molar-refractivity contribution in [3.05, 3.63) is 64.7 Å². The highest BCUT2D eigenvalue weighted by molar-refractivity contribution is 6.30. The van der Waals surface area contributed by atoms with Crippen LogP contribution in [-0.4, -0.2) is 61.4 Å². The van der Waals surface area contributed by atoms with Gasteiger partial charge in [0.15, 0.2) is 0 Å². The van der Waals surface area contributed by atoms with Crippen molar-refractivity contribution in [3.63, 3.8) is 0 Å². The Kier molecular flexibility index (Phi) is 6.90. The highest BCUT2D eigenvalue weighted by atomic mass is 35.5. The molecular formula is C21H24ClN3O3. The fourth-order valence-electron chi connectivity index (χ4n) is 3.18. The zero-order valence-electron chi connectivity index (χ0n) is 15.9. The summed E-state index contributed by atoms with van der Waals surface area (Å²) in [6.45, 7) is 3.69. The summed E-state index contributed by atoms with van der Waals surface area (Å²) in [5, 5.41) is 3.42. The van der Waals surface area contributed by atoms with Gasteiger partial charge >= 0.3 is 0 Å². The molecule has 1 aliphatic heterocycles. The van der Waals surface area contributed by atoms with Crippen molar-refractivity contribution in [3.8, 4) is 5.75 Å². The third-order valence-electron chi connectivity index (χ3n) is 4.75. The van der Waals surface area contributed by atoms with Crippen molar-refractivity contribution in [2.75, 3.05) is 39.8 Å². The third kappa shape index (κ3) is 5.47. The van der Waals surface area contributed by atoms with Crippen LogP contribution >= 0.6 is 11.6 Å². The van der Waals surface area contributed by atoms with Crippen molar-refractivity contribution >= 4 is 23.4 Å². The van der Waals surface area contributed by atoms with Crippen LogP contribution in [0.5, 0.6) is 5.75 Å². The topological polar surface area (TPSA) is 61.9 Å². The molecule has 1 saturated heterocycles. The number of halogens is 1. The molecule has 0 bridgehead atoms. The lowest BCUT2D eigenvalue weighted by Crippen LogP contribution is -2.50. The van der Waals surface area contributed by atoms with Gasteiger partial charge in [-0.25, -0.2) is 0 Å². The molecule has 0 spiro atoms. The molecule has 0 aromatic heterocycles. The SMILES string of the molecule is COc1cccc(C(=O)NCC(=O)N2CCN(Cc3cccc(Cl)c3)CC2)c1. The lowest BCUT2D eigenvalue weighted by molar-refractivity contribution is -0.131. The minimum Gasteiger partial charge on any atom is -0.497 e. The van der Waals surface area contributed by atoms with Crippen LogP contribution < -0.4 is 10.1 Å². The number of carbonyl (C=O) groups is 2. The van der Waals surface area contributed by atoms with Crippen LogP contribution in [0.25, 0.3) is 0 Å². The second-order valence-corrected chi connectivity index (χ2v) is 7.14. The predicted octanol–water partition coefficient (Wildman–Crippen LogP) is 2.42. The van der Waals surface area contributed by atoms with Crippen molar-refractivity contribution in [2.45, 2.75) is 6.54 Å². The molecule has 0 atom stereocenters. The number of rotatable bonds is 6. The molecule has 148 valence electrons. The Morgan fingerprint density at radius 3 is 2.54 bits per heavy atom. The predicted molar refractivity (Wildman–Crippen MR) is 109 cm³/mol. The first-order valence-corrected chi connectivity index (χ1v) is 9.60. The summed E-state index contributed by atoms with van der Waals surface area (Å²) >= 11 is 6.04. The monoisotopic (exact) mass is 401 g/mol. The molecule has 2 amide bonds. The Balaban J connectivity index is 1.44. The van der Waals surface area contributed by atoms with Crippen LogP contribution in [0.2, 0.25) is 5.02 Å². The molecule has 0 aliphatic carbocycles. The van der Waals surface area contributed by atoms with E-state index in [0.717, 1.165) is 30.2 Å². The van der Waals surface area contributed by atoms with Gasteiger partial charge in [-0.3, -0.25) is 14.5 Å². The van der Waals surface area contributed by atoms with Crippen molar-refractivity contribution in [1.29, 1.82) is 0 Å². The number of methoxy groups -OCH3 is 1. The first kappa shape index (κ1) is 20.2. The van der Waals surface area contributed by atoms with Gasteiger partial charge in [-0.1, -0.05) is 29.8 Å². The number of piperazine rings is 1. The maximum atomic E-state index is 12.4. The molecule has 1 fully saturated rings. The van der Waals surface area contributed by atoms with Crippen LogP contribution in [0.3, 0.4) is 0 Å². The van der Waals surface area contributed by atoms with Gasteiger partial charge in [0, 0.05) is 43.3 Å². The van der Waals surface area contributed by atoms with Gasteiger partial charge in [0.1, 0.15) is 5.75 Å². The Labute approximate surface area is 170 Å². The van der Waals surface area contributed by atoms with E-state index < -0.39 is 0 Å². The highest BCUT2D eigenvalue weighted by Crippen LogP contribution is 2.14. The molecule has 1 heterocycles. The van der Waals surface area contributed by atoms with E-state index >= 15 is 0 Å². The minimum atomic E-state index is -0.285. The van der Waals surface area contributed by atoms with E-state index in [1.54, 1.807) is 36.3 Å². The number of ether oxygens (including phenoxy) is 1. The van der Waals surface area contributed by atoms with E-state index in [4.69, 9.17) is 16.3 Å². The molecular weight excluding hydrogens is 378 g/mol. The van der Waals surface area contributed by atoms with Gasteiger partial charge < -0.3 is 15.0 Å².